The van der Waals surface area contributed by atoms with Crippen LogP contribution in [0.5, 0.6) is 0 Å². The van der Waals surface area contributed by atoms with Crippen LogP contribution in [0.2, 0.25) is 5.02 Å². The molecule has 0 spiro atoms. The molecule has 0 aliphatic heterocycles. The predicted octanol–water partition coefficient (Wildman–Crippen LogP) is 3.85. The average molecular weight is 339 g/mol. The van der Waals surface area contributed by atoms with Gasteiger partial charge in [0.25, 0.3) is 0 Å². The molecule has 0 aliphatic rings. The molecule has 0 aromatic heterocycles. The largest absolute Gasteiger partial charge is 0.356 e. The van der Waals surface area contributed by atoms with Gasteiger partial charge in [-0.25, -0.2) is 0 Å². The Bertz CT molecular complexity index is 521. The second-order valence-corrected chi connectivity index (χ2v) is 7.13. The summed E-state index contributed by atoms with van der Waals surface area (Å²) in [6.45, 7) is 8.15. The molecule has 0 bridgehead atoms. The Morgan fingerprint density at radius 3 is 2.30 bits per heavy atom. The molecule has 2 amide bonds. The summed E-state index contributed by atoms with van der Waals surface area (Å²) in [6.07, 6.45) is 1.84. The summed E-state index contributed by atoms with van der Waals surface area (Å²) in [4.78, 5) is 23.8. The van der Waals surface area contributed by atoms with Crippen LogP contribution in [0.15, 0.2) is 24.3 Å². The van der Waals surface area contributed by atoms with E-state index in [-0.39, 0.29) is 17.9 Å². The molecule has 1 rings (SSSR count). The van der Waals surface area contributed by atoms with E-state index in [9.17, 15) is 9.59 Å². The van der Waals surface area contributed by atoms with Gasteiger partial charge in [0.1, 0.15) is 0 Å². The molecule has 5 heteroatoms. The maximum Gasteiger partial charge on any atom is 0.225 e. The molecule has 0 heterocycles. The van der Waals surface area contributed by atoms with Crippen molar-refractivity contribution in [3.8, 4) is 0 Å². The van der Waals surface area contributed by atoms with Crippen LogP contribution in [0.25, 0.3) is 0 Å². The summed E-state index contributed by atoms with van der Waals surface area (Å²) >= 11 is 5.89. The fraction of sp³-hybridized carbons (Fsp3) is 0.556. The average Bonchev–Trinajstić information content (AvgIpc) is 2.49. The van der Waals surface area contributed by atoms with E-state index in [1.165, 1.54) is 0 Å². The minimum absolute atomic E-state index is 0.00296. The summed E-state index contributed by atoms with van der Waals surface area (Å²) < 4.78 is 0. The van der Waals surface area contributed by atoms with Crippen LogP contribution >= 0.6 is 11.6 Å². The van der Waals surface area contributed by atoms with Gasteiger partial charge in [0, 0.05) is 23.4 Å². The van der Waals surface area contributed by atoms with E-state index < -0.39 is 5.41 Å². The molecule has 0 fully saturated rings. The highest BCUT2D eigenvalue weighted by Gasteiger charge is 2.20. The summed E-state index contributed by atoms with van der Waals surface area (Å²) in [5.74, 6) is 0.00214. The topological polar surface area (TPSA) is 58.2 Å². The number of hydrogen-bond acceptors (Lipinski definition) is 2. The van der Waals surface area contributed by atoms with E-state index in [1.54, 1.807) is 0 Å². The Morgan fingerprint density at radius 2 is 1.78 bits per heavy atom. The van der Waals surface area contributed by atoms with Gasteiger partial charge < -0.3 is 10.6 Å². The van der Waals surface area contributed by atoms with Crippen LogP contribution in [-0.2, 0) is 9.59 Å². The van der Waals surface area contributed by atoms with E-state index in [0.29, 0.717) is 24.4 Å². The van der Waals surface area contributed by atoms with Gasteiger partial charge in [0.05, 0.1) is 6.04 Å². The third-order valence-corrected chi connectivity index (χ3v) is 3.82. The van der Waals surface area contributed by atoms with Crippen LogP contribution in [0.4, 0.5) is 0 Å². The SMILES string of the molecule is CCC(NC(=O)CCCNC(=O)C(C)(C)C)c1ccc(Cl)cc1. The second-order valence-electron chi connectivity index (χ2n) is 6.69. The van der Waals surface area contributed by atoms with Crippen molar-refractivity contribution in [1.82, 2.24) is 10.6 Å². The van der Waals surface area contributed by atoms with Crippen LogP contribution < -0.4 is 10.6 Å². The van der Waals surface area contributed by atoms with E-state index >= 15 is 0 Å². The Labute approximate surface area is 144 Å². The minimum Gasteiger partial charge on any atom is -0.356 e. The van der Waals surface area contributed by atoms with Crippen molar-refractivity contribution in [2.75, 3.05) is 6.54 Å². The molecule has 1 unspecified atom stereocenters. The van der Waals surface area contributed by atoms with E-state index in [1.807, 2.05) is 52.0 Å². The van der Waals surface area contributed by atoms with Crippen molar-refractivity contribution < 1.29 is 9.59 Å². The highest BCUT2D eigenvalue weighted by Crippen LogP contribution is 2.19. The van der Waals surface area contributed by atoms with Crippen LogP contribution in [0, 0.1) is 5.41 Å². The zero-order chi connectivity index (χ0) is 17.5. The van der Waals surface area contributed by atoms with Crippen LogP contribution in [-0.4, -0.2) is 18.4 Å². The first-order valence-corrected chi connectivity index (χ1v) is 8.45. The van der Waals surface area contributed by atoms with Gasteiger partial charge in [0.2, 0.25) is 11.8 Å². The van der Waals surface area contributed by atoms with E-state index in [0.717, 1.165) is 12.0 Å². The van der Waals surface area contributed by atoms with Gasteiger partial charge in [-0.15, -0.1) is 0 Å². The third-order valence-electron chi connectivity index (χ3n) is 3.56. The lowest BCUT2D eigenvalue weighted by Crippen LogP contribution is -2.36. The normalized spacial score (nSPS) is 12.6. The Hall–Kier alpha value is -1.55. The quantitative estimate of drug-likeness (QED) is 0.742. The van der Waals surface area contributed by atoms with Crippen LogP contribution in [0.1, 0.15) is 58.6 Å². The van der Waals surface area contributed by atoms with Crippen LogP contribution in [0.3, 0.4) is 0 Å². The minimum atomic E-state index is -0.399. The molecular formula is C18H27ClN2O2. The first-order chi connectivity index (χ1) is 10.7. The van der Waals surface area contributed by atoms with E-state index in [4.69, 9.17) is 11.6 Å². The van der Waals surface area contributed by atoms with E-state index in [2.05, 4.69) is 10.6 Å². The molecule has 4 nitrogen and oxygen atoms in total. The van der Waals surface area contributed by atoms with Gasteiger partial charge in [-0.05, 0) is 30.5 Å². The number of carbonyl (C=O) groups excluding carboxylic acids is 2. The van der Waals surface area contributed by atoms with Gasteiger partial charge in [0.15, 0.2) is 0 Å². The van der Waals surface area contributed by atoms with Gasteiger partial charge in [-0.3, -0.25) is 9.59 Å². The lowest BCUT2D eigenvalue weighted by molar-refractivity contribution is -0.128. The fourth-order valence-electron chi connectivity index (χ4n) is 2.10. The van der Waals surface area contributed by atoms with Gasteiger partial charge in [-0.2, -0.15) is 0 Å². The maximum atomic E-state index is 12.0. The van der Waals surface area contributed by atoms with Gasteiger partial charge >= 0.3 is 0 Å². The highest BCUT2D eigenvalue weighted by molar-refractivity contribution is 6.30. The van der Waals surface area contributed by atoms with Crippen molar-refractivity contribution in [1.29, 1.82) is 0 Å². The number of halogens is 1. The number of benzene rings is 1. The second kappa shape index (κ2) is 8.92. The first kappa shape index (κ1) is 19.5. The molecule has 1 atom stereocenters. The molecule has 0 aliphatic carbocycles. The third kappa shape index (κ3) is 7.04. The monoisotopic (exact) mass is 338 g/mol. The van der Waals surface area contributed by atoms with Crippen molar-refractivity contribution >= 4 is 23.4 Å². The van der Waals surface area contributed by atoms with Crippen molar-refractivity contribution in [2.45, 2.75) is 53.0 Å². The summed E-state index contributed by atoms with van der Waals surface area (Å²) in [7, 11) is 0. The summed E-state index contributed by atoms with van der Waals surface area (Å²) in [5, 5.41) is 6.56. The maximum absolute atomic E-state index is 12.0. The fourth-order valence-corrected chi connectivity index (χ4v) is 2.22. The number of rotatable bonds is 7. The molecule has 2 N–H and O–H groups in total. The standard InChI is InChI=1S/C18H27ClN2O2/c1-5-15(13-8-10-14(19)11-9-13)21-16(22)7-6-12-20-17(23)18(2,3)4/h8-11,15H,5-7,12H2,1-4H3,(H,20,23)(H,21,22). The molecule has 0 radical (unpaired) electrons. The number of carbonyl (C=O) groups is 2. The smallest absolute Gasteiger partial charge is 0.225 e. The molecule has 1 aromatic rings. The molecule has 128 valence electrons. The number of hydrogen-bond donors (Lipinski definition) is 2. The van der Waals surface area contributed by atoms with Crippen molar-refractivity contribution in [3.05, 3.63) is 34.9 Å². The number of nitrogens with one attached hydrogen (secondary N) is 2. The lowest BCUT2D eigenvalue weighted by atomic mass is 9.96. The Morgan fingerprint density at radius 1 is 1.17 bits per heavy atom. The summed E-state index contributed by atoms with van der Waals surface area (Å²) in [6, 6.07) is 7.51. The first-order valence-electron chi connectivity index (χ1n) is 8.07. The van der Waals surface area contributed by atoms with Crippen molar-refractivity contribution in [2.24, 2.45) is 5.41 Å². The molecule has 0 saturated carbocycles. The summed E-state index contributed by atoms with van der Waals surface area (Å²) in [5.41, 5.74) is 0.649. The number of amides is 2. The lowest BCUT2D eigenvalue weighted by Gasteiger charge is -2.19. The predicted molar refractivity (Wildman–Crippen MR) is 94.3 cm³/mol. The Kier molecular flexibility index (Phi) is 7.56. The molecular weight excluding hydrogens is 312 g/mol. The molecule has 23 heavy (non-hydrogen) atoms. The Balaban J connectivity index is 2.37. The van der Waals surface area contributed by atoms with Gasteiger partial charge in [-0.1, -0.05) is 51.4 Å². The molecule has 0 saturated heterocycles. The zero-order valence-corrected chi connectivity index (χ0v) is 15.2. The highest BCUT2D eigenvalue weighted by atomic mass is 35.5. The zero-order valence-electron chi connectivity index (χ0n) is 14.4. The molecule has 1 aromatic carbocycles. The van der Waals surface area contributed by atoms with Crippen molar-refractivity contribution in [3.63, 3.8) is 0 Å².